The molecule has 1 aliphatic heterocycles. The summed E-state index contributed by atoms with van der Waals surface area (Å²) in [6.45, 7) is 8.80. The van der Waals surface area contributed by atoms with Gasteiger partial charge in [0.05, 0.1) is 12.3 Å². The van der Waals surface area contributed by atoms with Crippen LogP contribution in [0.5, 0.6) is 0 Å². The molecule has 8 nitrogen and oxygen atoms in total. The summed E-state index contributed by atoms with van der Waals surface area (Å²) in [6.07, 6.45) is 4.73. The van der Waals surface area contributed by atoms with Crippen molar-refractivity contribution in [3.8, 4) is 0 Å². The summed E-state index contributed by atoms with van der Waals surface area (Å²) in [5.74, 6) is -0.416. The molecule has 2 N–H and O–H groups in total. The molecule has 1 aliphatic rings. The fraction of sp³-hybridized carbons (Fsp3) is 0.550. The lowest BCUT2D eigenvalue weighted by molar-refractivity contribution is 0.0205. The van der Waals surface area contributed by atoms with Crippen LogP contribution in [0.4, 0.5) is 10.5 Å². The molecule has 3 heterocycles. The topological polar surface area (TPSA) is 96.5 Å². The van der Waals surface area contributed by atoms with E-state index in [0.29, 0.717) is 36.6 Å². The number of aromatic amines is 1. The Morgan fingerprint density at radius 3 is 2.89 bits per heavy atom. The Hall–Kier alpha value is -2.77. The quantitative estimate of drug-likeness (QED) is 0.778. The van der Waals surface area contributed by atoms with Crippen LogP contribution in [0.25, 0.3) is 11.0 Å². The number of ether oxygens (including phenoxy) is 2. The first kappa shape index (κ1) is 20.0. The summed E-state index contributed by atoms with van der Waals surface area (Å²) < 4.78 is 10.7. The number of amides is 1. The second-order valence-electron chi connectivity index (χ2n) is 7.92. The van der Waals surface area contributed by atoms with Crippen LogP contribution in [0.1, 0.15) is 50.9 Å². The summed E-state index contributed by atoms with van der Waals surface area (Å²) in [5, 5.41) is 4.27. The molecule has 8 heteroatoms. The Labute approximate surface area is 164 Å². The zero-order valence-corrected chi connectivity index (χ0v) is 16.9. The van der Waals surface area contributed by atoms with E-state index in [-0.39, 0.29) is 12.1 Å². The van der Waals surface area contributed by atoms with Crippen LogP contribution >= 0.6 is 0 Å². The van der Waals surface area contributed by atoms with Crippen LogP contribution in [0.15, 0.2) is 18.5 Å². The van der Waals surface area contributed by atoms with Crippen molar-refractivity contribution in [1.82, 2.24) is 14.9 Å². The number of anilines is 1. The third-order valence-electron chi connectivity index (χ3n) is 4.50. The van der Waals surface area contributed by atoms with Gasteiger partial charge in [-0.3, -0.25) is 0 Å². The van der Waals surface area contributed by atoms with Crippen LogP contribution < -0.4 is 5.32 Å². The van der Waals surface area contributed by atoms with E-state index in [4.69, 9.17) is 9.47 Å². The minimum atomic E-state index is -0.531. The predicted octanol–water partition coefficient (Wildman–Crippen LogP) is 3.55. The number of aromatic nitrogens is 2. The Kier molecular flexibility index (Phi) is 5.76. The largest absolute Gasteiger partial charge is 0.462 e. The zero-order chi connectivity index (χ0) is 20.3. The van der Waals surface area contributed by atoms with E-state index in [9.17, 15) is 9.59 Å². The predicted molar refractivity (Wildman–Crippen MR) is 107 cm³/mol. The molecule has 0 saturated carbocycles. The Morgan fingerprint density at radius 1 is 1.39 bits per heavy atom. The monoisotopic (exact) mass is 388 g/mol. The minimum absolute atomic E-state index is 0.00468. The van der Waals surface area contributed by atoms with Gasteiger partial charge >= 0.3 is 12.1 Å². The highest BCUT2D eigenvalue weighted by Crippen LogP contribution is 2.28. The lowest BCUT2D eigenvalue weighted by Gasteiger charge is -2.35. The number of nitrogens with one attached hydrogen (secondary N) is 2. The average Bonchev–Trinajstić information content (AvgIpc) is 3.10. The lowest BCUT2D eigenvalue weighted by Crippen LogP contribution is -2.47. The molecular formula is C20H28N4O4. The first-order valence-corrected chi connectivity index (χ1v) is 9.66. The van der Waals surface area contributed by atoms with Gasteiger partial charge in [-0.25, -0.2) is 14.6 Å². The SMILES string of the molecule is CCOC(=O)c1cnc2[nH]ccc2c1N[C@H]1CCCN(C(=O)OC(C)(C)C)C1. The van der Waals surface area contributed by atoms with Gasteiger partial charge in [0.25, 0.3) is 0 Å². The first-order valence-electron chi connectivity index (χ1n) is 9.66. The van der Waals surface area contributed by atoms with Gasteiger partial charge in [0.15, 0.2) is 0 Å². The molecule has 0 aliphatic carbocycles. The van der Waals surface area contributed by atoms with Crippen LogP contribution in [-0.4, -0.2) is 58.3 Å². The van der Waals surface area contributed by atoms with Gasteiger partial charge in [0.1, 0.15) is 16.8 Å². The standard InChI is InChI=1S/C20H28N4O4/c1-5-27-18(25)15-11-22-17-14(8-9-21-17)16(15)23-13-7-6-10-24(12-13)19(26)28-20(2,3)4/h8-9,11,13H,5-7,10,12H2,1-4H3,(H2,21,22,23)/t13-/m0/s1. The molecule has 0 spiro atoms. The van der Waals surface area contributed by atoms with Crippen molar-refractivity contribution in [3.05, 3.63) is 24.0 Å². The van der Waals surface area contributed by atoms with Crippen molar-refractivity contribution in [3.63, 3.8) is 0 Å². The maximum absolute atomic E-state index is 12.4. The van der Waals surface area contributed by atoms with Gasteiger partial charge in [0, 0.05) is 36.9 Å². The van der Waals surface area contributed by atoms with E-state index in [0.717, 1.165) is 18.2 Å². The Balaban J connectivity index is 1.81. The number of likely N-dealkylation sites (tertiary alicyclic amines) is 1. The van der Waals surface area contributed by atoms with E-state index in [1.54, 1.807) is 18.0 Å². The fourth-order valence-corrected chi connectivity index (χ4v) is 3.32. The number of hydrogen-bond acceptors (Lipinski definition) is 6. The van der Waals surface area contributed by atoms with Crippen LogP contribution in [0.3, 0.4) is 0 Å². The molecule has 2 aromatic heterocycles. The summed E-state index contributed by atoms with van der Waals surface area (Å²) in [7, 11) is 0. The highest BCUT2D eigenvalue weighted by atomic mass is 16.6. The van der Waals surface area contributed by atoms with E-state index in [1.165, 1.54) is 6.20 Å². The molecule has 0 unspecified atom stereocenters. The maximum Gasteiger partial charge on any atom is 0.410 e. The number of carbonyl (C=O) groups excluding carboxylic acids is 2. The van der Waals surface area contributed by atoms with Crippen molar-refractivity contribution >= 4 is 28.8 Å². The fourth-order valence-electron chi connectivity index (χ4n) is 3.32. The number of carbonyl (C=O) groups is 2. The molecule has 0 aromatic carbocycles. The van der Waals surface area contributed by atoms with Crippen molar-refractivity contribution in [2.45, 2.75) is 52.2 Å². The van der Waals surface area contributed by atoms with Crippen molar-refractivity contribution in [2.75, 3.05) is 25.0 Å². The summed E-state index contributed by atoms with van der Waals surface area (Å²) in [6, 6.07) is 1.87. The molecule has 0 radical (unpaired) electrons. The lowest BCUT2D eigenvalue weighted by atomic mass is 10.0. The van der Waals surface area contributed by atoms with Gasteiger partial charge in [-0.2, -0.15) is 0 Å². The number of hydrogen-bond donors (Lipinski definition) is 2. The number of nitrogens with zero attached hydrogens (tertiary/aromatic N) is 2. The normalized spacial score (nSPS) is 17.4. The number of fused-ring (bicyclic) bond motifs is 1. The van der Waals surface area contributed by atoms with Crippen molar-refractivity contribution < 1.29 is 19.1 Å². The van der Waals surface area contributed by atoms with Gasteiger partial charge in [0.2, 0.25) is 0 Å². The number of piperidine rings is 1. The highest BCUT2D eigenvalue weighted by Gasteiger charge is 2.29. The summed E-state index contributed by atoms with van der Waals surface area (Å²) >= 11 is 0. The zero-order valence-electron chi connectivity index (χ0n) is 16.9. The molecule has 1 amide bonds. The third-order valence-corrected chi connectivity index (χ3v) is 4.50. The molecule has 1 atom stereocenters. The highest BCUT2D eigenvalue weighted by molar-refractivity contribution is 6.04. The number of rotatable bonds is 4. The van der Waals surface area contributed by atoms with Crippen LogP contribution in [0, 0.1) is 0 Å². The molecule has 152 valence electrons. The number of H-pyrrole nitrogens is 1. The number of esters is 1. The summed E-state index contributed by atoms with van der Waals surface area (Å²) in [4.78, 5) is 33.9. The second-order valence-corrected chi connectivity index (χ2v) is 7.92. The Bertz CT molecular complexity index is 855. The molecule has 3 rings (SSSR count). The second kappa shape index (κ2) is 8.08. The number of pyridine rings is 1. The Morgan fingerprint density at radius 2 is 2.18 bits per heavy atom. The summed E-state index contributed by atoms with van der Waals surface area (Å²) in [5.41, 5.74) is 1.23. The van der Waals surface area contributed by atoms with E-state index >= 15 is 0 Å². The van der Waals surface area contributed by atoms with Crippen LogP contribution in [0.2, 0.25) is 0 Å². The molecular weight excluding hydrogens is 360 g/mol. The third kappa shape index (κ3) is 4.55. The van der Waals surface area contributed by atoms with Crippen molar-refractivity contribution in [1.29, 1.82) is 0 Å². The van der Waals surface area contributed by atoms with Crippen molar-refractivity contribution in [2.24, 2.45) is 0 Å². The molecule has 28 heavy (non-hydrogen) atoms. The smallest absolute Gasteiger partial charge is 0.410 e. The molecule has 0 bridgehead atoms. The minimum Gasteiger partial charge on any atom is -0.462 e. The van der Waals surface area contributed by atoms with E-state index in [1.807, 2.05) is 26.8 Å². The van der Waals surface area contributed by atoms with Crippen LogP contribution in [-0.2, 0) is 9.47 Å². The molecule has 1 saturated heterocycles. The maximum atomic E-state index is 12.4. The van der Waals surface area contributed by atoms with E-state index < -0.39 is 11.6 Å². The average molecular weight is 388 g/mol. The van der Waals surface area contributed by atoms with Gasteiger partial charge < -0.3 is 24.7 Å². The van der Waals surface area contributed by atoms with Gasteiger partial charge in [-0.05, 0) is 46.6 Å². The first-order chi connectivity index (χ1) is 13.3. The molecule has 1 fully saturated rings. The molecule has 2 aromatic rings. The van der Waals surface area contributed by atoms with Gasteiger partial charge in [-0.15, -0.1) is 0 Å². The van der Waals surface area contributed by atoms with E-state index in [2.05, 4.69) is 15.3 Å². The van der Waals surface area contributed by atoms with Gasteiger partial charge in [-0.1, -0.05) is 0 Å².